The van der Waals surface area contributed by atoms with Gasteiger partial charge >= 0.3 is 5.97 Å². The monoisotopic (exact) mass is 254 g/mol. The third-order valence-corrected chi connectivity index (χ3v) is 1.89. The highest BCUT2D eigenvalue weighted by Crippen LogP contribution is 2.07. The first-order valence-electron chi connectivity index (χ1n) is 4.97. The van der Waals surface area contributed by atoms with E-state index >= 15 is 0 Å². The third-order valence-electron chi connectivity index (χ3n) is 1.89. The third kappa shape index (κ3) is 4.20. The van der Waals surface area contributed by atoms with Gasteiger partial charge in [-0.25, -0.2) is 9.18 Å². The van der Waals surface area contributed by atoms with E-state index in [0.717, 1.165) is 6.07 Å². The molecule has 0 aliphatic heterocycles. The molecule has 0 aromatic heterocycles. The Morgan fingerprint density at radius 1 is 1.28 bits per heavy atom. The van der Waals surface area contributed by atoms with Crippen molar-refractivity contribution in [3.05, 3.63) is 35.6 Å². The average molecular weight is 254 g/mol. The zero-order chi connectivity index (χ0) is 13.5. The normalized spacial score (nSPS) is 9.61. The van der Waals surface area contributed by atoms with Crippen molar-refractivity contribution in [2.75, 3.05) is 13.2 Å². The standard InChI is InChI=1S/C11H11FN2O4/c12-8-4-2-1-3-7(8)11(17)18-6-10(16)14-5-9(13)15/h1-4H,5-6H2,(H2,13,15)(H,14,16). The van der Waals surface area contributed by atoms with Crippen LogP contribution in [0.1, 0.15) is 10.4 Å². The molecule has 1 aromatic carbocycles. The number of halogens is 1. The van der Waals surface area contributed by atoms with Crippen LogP contribution in [-0.2, 0) is 14.3 Å². The number of carbonyl (C=O) groups excluding carboxylic acids is 3. The molecular weight excluding hydrogens is 243 g/mol. The molecule has 0 heterocycles. The molecule has 0 saturated carbocycles. The quantitative estimate of drug-likeness (QED) is 0.697. The first kappa shape index (κ1) is 13.6. The molecule has 3 N–H and O–H groups in total. The molecule has 2 amide bonds. The highest BCUT2D eigenvalue weighted by Gasteiger charge is 2.13. The van der Waals surface area contributed by atoms with Crippen LogP contribution in [0.5, 0.6) is 0 Å². The lowest BCUT2D eigenvalue weighted by Crippen LogP contribution is -2.36. The Labute approximate surface area is 102 Å². The van der Waals surface area contributed by atoms with Crippen molar-refractivity contribution in [2.24, 2.45) is 5.73 Å². The maximum atomic E-state index is 13.2. The first-order chi connectivity index (χ1) is 8.50. The maximum absolute atomic E-state index is 13.2. The van der Waals surface area contributed by atoms with E-state index in [9.17, 15) is 18.8 Å². The Balaban J connectivity index is 2.45. The first-order valence-corrected chi connectivity index (χ1v) is 4.97. The van der Waals surface area contributed by atoms with Crippen LogP contribution >= 0.6 is 0 Å². The second-order valence-electron chi connectivity index (χ2n) is 3.30. The Bertz CT molecular complexity index is 476. The van der Waals surface area contributed by atoms with Crippen molar-refractivity contribution in [3.8, 4) is 0 Å². The molecule has 0 atom stereocenters. The minimum Gasteiger partial charge on any atom is -0.452 e. The van der Waals surface area contributed by atoms with E-state index in [1.165, 1.54) is 18.2 Å². The van der Waals surface area contributed by atoms with Gasteiger partial charge in [0, 0.05) is 0 Å². The topological polar surface area (TPSA) is 98.5 Å². The zero-order valence-corrected chi connectivity index (χ0v) is 9.31. The fraction of sp³-hybridized carbons (Fsp3) is 0.182. The molecule has 0 spiro atoms. The van der Waals surface area contributed by atoms with E-state index in [1.54, 1.807) is 0 Å². The van der Waals surface area contributed by atoms with Crippen LogP contribution in [0, 0.1) is 5.82 Å². The van der Waals surface area contributed by atoms with Crippen molar-refractivity contribution in [1.82, 2.24) is 5.32 Å². The summed E-state index contributed by atoms with van der Waals surface area (Å²) in [7, 11) is 0. The Morgan fingerprint density at radius 2 is 1.94 bits per heavy atom. The van der Waals surface area contributed by atoms with E-state index in [0.29, 0.717) is 0 Å². The largest absolute Gasteiger partial charge is 0.452 e. The van der Waals surface area contributed by atoms with Gasteiger partial charge in [0.25, 0.3) is 5.91 Å². The van der Waals surface area contributed by atoms with E-state index in [1.807, 2.05) is 0 Å². The molecule has 0 aliphatic carbocycles. The van der Waals surface area contributed by atoms with Gasteiger partial charge in [-0.2, -0.15) is 0 Å². The fourth-order valence-corrected chi connectivity index (χ4v) is 1.07. The van der Waals surface area contributed by atoms with Crippen LogP contribution in [0.25, 0.3) is 0 Å². The minimum atomic E-state index is -0.956. The summed E-state index contributed by atoms with van der Waals surface area (Å²) < 4.78 is 17.7. The van der Waals surface area contributed by atoms with Crippen LogP contribution in [0.4, 0.5) is 4.39 Å². The highest BCUT2D eigenvalue weighted by atomic mass is 19.1. The maximum Gasteiger partial charge on any atom is 0.341 e. The molecule has 1 aromatic rings. The summed E-state index contributed by atoms with van der Waals surface area (Å²) in [6.07, 6.45) is 0. The minimum absolute atomic E-state index is 0.264. The van der Waals surface area contributed by atoms with Gasteiger partial charge in [-0.05, 0) is 12.1 Å². The summed E-state index contributed by atoms with van der Waals surface area (Å²) in [4.78, 5) is 32.8. The van der Waals surface area contributed by atoms with Gasteiger partial charge in [-0.1, -0.05) is 12.1 Å². The second-order valence-corrected chi connectivity index (χ2v) is 3.30. The van der Waals surface area contributed by atoms with Crippen molar-refractivity contribution >= 4 is 17.8 Å². The number of ether oxygens (including phenoxy) is 1. The number of nitrogens with one attached hydrogen (secondary N) is 1. The van der Waals surface area contributed by atoms with Gasteiger partial charge in [-0.3, -0.25) is 9.59 Å². The molecule has 96 valence electrons. The molecule has 0 saturated heterocycles. The van der Waals surface area contributed by atoms with Crippen LogP contribution < -0.4 is 11.1 Å². The summed E-state index contributed by atoms with van der Waals surface area (Å²) in [5.41, 5.74) is 4.53. The van der Waals surface area contributed by atoms with Crippen molar-refractivity contribution in [1.29, 1.82) is 0 Å². The lowest BCUT2D eigenvalue weighted by molar-refractivity contribution is -0.127. The smallest absolute Gasteiger partial charge is 0.341 e. The predicted octanol–water partition coefficient (Wildman–Crippen LogP) is -0.416. The van der Waals surface area contributed by atoms with Gasteiger partial charge in [0.2, 0.25) is 5.91 Å². The molecule has 0 radical (unpaired) electrons. The molecule has 18 heavy (non-hydrogen) atoms. The second kappa shape index (κ2) is 6.33. The zero-order valence-electron chi connectivity index (χ0n) is 9.31. The van der Waals surface area contributed by atoms with Gasteiger partial charge in [-0.15, -0.1) is 0 Å². The van der Waals surface area contributed by atoms with Gasteiger partial charge in [0.15, 0.2) is 6.61 Å². The summed E-state index contributed by atoms with van der Waals surface area (Å²) in [5, 5.41) is 2.12. The van der Waals surface area contributed by atoms with Crippen LogP contribution in [0.3, 0.4) is 0 Å². The number of primary amides is 1. The molecule has 7 heteroatoms. The Hall–Kier alpha value is -2.44. The number of carbonyl (C=O) groups is 3. The number of hydrogen-bond acceptors (Lipinski definition) is 4. The lowest BCUT2D eigenvalue weighted by Gasteiger charge is -2.05. The van der Waals surface area contributed by atoms with Crippen LogP contribution in [0.2, 0.25) is 0 Å². The SMILES string of the molecule is NC(=O)CNC(=O)COC(=O)c1ccccc1F. The molecule has 0 bridgehead atoms. The number of rotatable bonds is 5. The molecule has 1 rings (SSSR count). The Morgan fingerprint density at radius 3 is 2.56 bits per heavy atom. The van der Waals surface area contributed by atoms with Gasteiger partial charge in [0.1, 0.15) is 5.82 Å². The molecule has 0 fully saturated rings. The van der Waals surface area contributed by atoms with Gasteiger partial charge < -0.3 is 15.8 Å². The number of benzene rings is 1. The summed E-state index contributed by atoms with van der Waals surface area (Å²) in [6.45, 7) is -0.962. The van der Waals surface area contributed by atoms with E-state index in [-0.39, 0.29) is 12.1 Å². The predicted molar refractivity (Wildman–Crippen MR) is 58.9 cm³/mol. The number of nitrogens with two attached hydrogens (primary N) is 1. The number of hydrogen-bond donors (Lipinski definition) is 2. The number of amides is 2. The van der Waals surface area contributed by atoms with Crippen molar-refractivity contribution in [2.45, 2.75) is 0 Å². The fourth-order valence-electron chi connectivity index (χ4n) is 1.07. The Kier molecular flexibility index (Phi) is 4.79. The molecular formula is C11H11FN2O4. The average Bonchev–Trinajstić information content (AvgIpc) is 2.34. The highest BCUT2D eigenvalue weighted by molar-refractivity contribution is 5.92. The lowest BCUT2D eigenvalue weighted by atomic mass is 10.2. The van der Waals surface area contributed by atoms with E-state index in [2.05, 4.69) is 10.1 Å². The van der Waals surface area contributed by atoms with E-state index < -0.39 is 30.2 Å². The summed E-state index contributed by atoms with van der Waals surface area (Å²) >= 11 is 0. The molecule has 0 aliphatic rings. The summed E-state index contributed by atoms with van der Waals surface area (Å²) in [5.74, 6) is -3.11. The molecule has 6 nitrogen and oxygen atoms in total. The summed E-state index contributed by atoms with van der Waals surface area (Å²) in [6, 6.07) is 5.22. The van der Waals surface area contributed by atoms with E-state index in [4.69, 9.17) is 5.73 Å². The van der Waals surface area contributed by atoms with Crippen molar-refractivity contribution < 1.29 is 23.5 Å². The van der Waals surface area contributed by atoms with Crippen molar-refractivity contribution in [3.63, 3.8) is 0 Å². The van der Waals surface area contributed by atoms with Gasteiger partial charge in [0.05, 0.1) is 12.1 Å². The van der Waals surface area contributed by atoms with Crippen LogP contribution in [-0.4, -0.2) is 30.9 Å². The molecule has 0 unspecified atom stereocenters. The van der Waals surface area contributed by atoms with Crippen LogP contribution in [0.15, 0.2) is 24.3 Å². The number of esters is 1.